The second-order valence-corrected chi connectivity index (χ2v) is 4.93. The number of hydrogen-bond donors (Lipinski definition) is 1. The van der Waals surface area contributed by atoms with Crippen LogP contribution in [-0.4, -0.2) is 22.9 Å². The molecule has 1 atom stereocenters. The number of aromatic nitrogens is 2. The maximum absolute atomic E-state index is 5.45. The second kappa shape index (κ2) is 7.41. The highest BCUT2D eigenvalue weighted by Crippen LogP contribution is 2.28. The van der Waals surface area contributed by atoms with Crippen LogP contribution in [0.4, 0.5) is 0 Å². The van der Waals surface area contributed by atoms with Crippen molar-refractivity contribution < 1.29 is 4.74 Å². The van der Waals surface area contributed by atoms with Gasteiger partial charge < -0.3 is 10.1 Å². The van der Waals surface area contributed by atoms with Gasteiger partial charge >= 0.3 is 0 Å². The van der Waals surface area contributed by atoms with Gasteiger partial charge in [-0.2, -0.15) is 5.10 Å². The van der Waals surface area contributed by atoms with E-state index in [0.717, 1.165) is 18.7 Å². The number of methoxy groups -OCH3 is 1. The lowest BCUT2D eigenvalue weighted by molar-refractivity contribution is 0.370. The van der Waals surface area contributed by atoms with E-state index in [1.807, 2.05) is 10.9 Å². The summed E-state index contributed by atoms with van der Waals surface area (Å²) in [6, 6.07) is 0.777. The van der Waals surface area contributed by atoms with Crippen molar-refractivity contribution >= 4 is 0 Å². The maximum atomic E-state index is 5.45. The van der Waals surface area contributed by atoms with Gasteiger partial charge in [-0.15, -0.1) is 0 Å². The number of hydrogen-bond acceptors (Lipinski definition) is 3. The Hall–Kier alpha value is -1.03. The molecule has 1 N–H and O–H groups in total. The minimum absolute atomic E-state index is 0.322. The third kappa shape index (κ3) is 3.73. The zero-order valence-corrected chi connectivity index (χ0v) is 12.4. The van der Waals surface area contributed by atoms with E-state index >= 15 is 0 Å². The Labute approximate surface area is 111 Å². The molecule has 0 spiro atoms. The fourth-order valence-corrected chi connectivity index (χ4v) is 2.25. The van der Waals surface area contributed by atoms with Crippen molar-refractivity contribution in [2.45, 2.75) is 65.6 Å². The molecule has 0 aromatic carbocycles. The number of rotatable bonds is 8. The lowest BCUT2D eigenvalue weighted by Crippen LogP contribution is -2.30. The van der Waals surface area contributed by atoms with E-state index in [-0.39, 0.29) is 0 Å². The standard InChI is InChI=1S/C14H27N3O/c1-6-8-9-12(16-11(3)4)14-13(18-5)10-15-17(14)7-2/h10-12,16H,6-9H2,1-5H3. The van der Waals surface area contributed by atoms with E-state index in [1.165, 1.54) is 18.5 Å². The highest BCUT2D eigenvalue weighted by molar-refractivity contribution is 5.28. The fourth-order valence-electron chi connectivity index (χ4n) is 2.25. The predicted molar refractivity (Wildman–Crippen MR) is 75.0 cm³/mol. The number of ether oxygens (including phenoxy) is 1. The van der Waals surface area contributed by atoms with Crippen LogP contribution in [0.2, 0.25) is 0 Å². The van der Waals surface area contributed by atoms with Crippen molar-refractivity contribution in [2.75, 3.05) is 7.11 Å². The van der Waals surface area contributed by atoms with Crippen LogP contribution in [0.5, 0.6) is 5.75 Å². The molecule has 0 saturated heterocycles. The van der Waals surface area contributed by atoms with Gasteiger partial charge in [0.1, 0.15) is 0 Å². The molecule has 4 heteroatoms. The SMILES string of the molecule is CCCCC(NC(C)C)c1c(OC)cnn1CC. The smallest absolute Gasteiger partial charge is 0.161 e. The molecule has 1 rings (SSSR count). The van der Waals surface area contributed by atoms with E-state index in [2.05, 4.69) is 38.1 Å². The molecule has 0 bridgehead atoms. The first kappa shape index (κ1) is 15.0. The molecule has 0 amide bonds. The van der Waals surface area contributed by atoms with Crippen molar-refractivity contribution in [2.24, 2.45) is 0 Å². The molecule has 4 nitrogen and oxygen atoms in total. The first-order chi connectivity index (χ1) is 8.63. The number of unbranched alkanes of at least 4 members (excludes halogenated alkanes) is 1. The Morgan fingerprint density at radius 2 is 2.11 bits per heavy atom. The van der Waals surface area contributed by atoms with Crippen molar-refractivity contribution in [1.82, 2.24) is 15.1 Å². The highest BCUT2D eigenvalue weighted by atomic mass is 16.5. The molecule has 0 aliphatic carbocycles. The van der Waals surface area contributed by atoms with Crippen LogP contribution in [0.3, 0.4) is 0 Å². The van der Waals surface area contributed by atoms with Crippen LogP contribution >= 0.6 is 0 Å². The van der Waals surface area contributed by atoms with Crippen LogP contribution in [0.15, 0.2) is 6.20 Å². The van der Waals surface area contributed by atoms with E-state index < -0.39 is 0 Å². The summed E-state index contributed by atoms with van der Waals surface area (Å²) in [6.45, 7) is 9.57. The summed E-state index contributed by atoms with van der Waals surface area (Å²) < 4.78 is 7.48. The zero-order valence-electron chi connectivity index (χ0n) is 12.4. The summed E-state index contributed by atoms with van der Waals surface area (Å²) in [6.07, 6.45) is 5.36. The normalized spacial score (nSPS) is 13.0. The molecule has 0 aliphatic rings. The molecule has 0 fully saturated rings. The summed E-state index contributed by atoms with van der Waals surface area (Å²) in [4.78, 5) is 0. The molecular formula is C14H27N3O. The third-order valence-corrected chi connectivity index (χ3v) is 3.08. The molecule has 1 heterocycles. The van der Waals surface area contributed by atoms with Gasteiger partial charge in [-0.25, -0.2) is 0 Å². The van der Waals surface area contributed by atoms with Gasteiger partial charge in [-0.3, -0.25) is 4.68 Å². The molecule has 104 valence electrons. The van der Waals surface area contributed by atoms with Crippen molar-refractivity contribution in [1.29, 1.82) is 0 Å². The average molecular weight is 253 g/mol. The van der Waals surface area contributed by atoms with E-state index in [9.17, 15) is 0 Å². The van der Waals surface area contributed by atoms with Gasteiger partial charge in [0.2, 0.25) is 0 Å². The number of nitrogens with one attached hydrogen (secondary N) is 1. The van der Waals surface area contributed by atoms with Crippen LogP contribution in [-0.2, 0) is 6.54 Å². The largest absolute Gasteiger partial charge is 0.493 e. The van der Waals surface area contributed by atoms with Crippen LogP contribution in [0, 0.1) is 0 Å². The number of nitrogens with zero attached hydrogens (tertiary/aromatic N) is 2. The van der Waals surface area contributed by atoms with E-state index in [1.54, 1.807) is 7.11 Å². The third-order valence-electron chi connectivity index (χ3n) is 3.08. The Kier molecular flexibility index (Phi) is 6.19. The summed E-state index contributed by atoms with van der Waals surface area (Å²) in [5.74, 6) is 0.895. The molecule has 1 aromatic rings. The molecular weight excluding hydrogens is 226 g/mol. The van der Waals surface area contributed by atoms with Crippen LogP contribution < -0.4 is 10.1 Å². The Bertz CT molecular complexity index is 325. The maximum Gasteiger partial charge on any atom is 0.161 e. The molecule has 0 aliphatic heterocycles. The Morgan fingerprint density at radius 3 is 2.61 bits per heavy atom. The van der Waals surface area contributed by atoms with Gasteiger partial charge in [-0.1, -0.05) is 33.6 Å². The van der Waals surface area contributed by atoms with Crippen LogP contribution in [0.1, 0.15) is 58.7 Å². The van der Waals surface area contributed by atoms with Gasteiger partial charge in [-0.05, 0) is 13.3 Å². The zero-order chi connectivity index (χ0) is 13.5. The first-order valence-corrected chi connectivity index (χ1v) is 6.99. The van der Waals surface area contributed by atoms with E-state index in [4.69, 9.17) is 4.74 Å². The molecule has 0 radical (unpaired) electrons. The summed E-state index contributed by atoms with van der Waals surface area (Å²) >= 11 is 0. The van der Waals surface area contributed by atoms with Gasteiger partial charge in [0.15, 0.2) is 5.75 Å². The molecule has 1 aromatic heterocycles. The van der Waals surface area contributed by atoms with Crippen molar-refractivity contribution in [3.63, 3.8) is 0 Å². The number of aryl methyl sites for hydroxylation is 1. The molecule has 0 saturated carbocycles. The predicted octanol–water partition coefficient (Wildman–Crippen LogP) is 3.14. The molecule has 18 heavy (non-hydrogen) atoms. The topological polar surface area (TPSA) is 39.1 Å². The summed E-state index contributed by atoms with van der Waals surface area (Å²) in [7, 11) is 1.72. The Morgan fingerprint density at radius 1 is 1.39 bits per heavy atom. The lowest BCUT2D eigenvalue weighted by atomic mass is 10.0. The summed E-state index contributed by atoms with van der Waals surface area (Å²) in [5.41, 5.74) is 1.18. The quantitative estimate of drug-likeness (QED) is 0.773. The lowest BCUT2D eigenvalue weighted by Gasteiger charge is -2.23. The minimum Gasteiger partial charge on any atom is -0.493 e. The Balaban J connectivity index is 2.97. The van der Waals surface area contributed by atoms with Crippen molar-refractivity contribution in [3.05, 3.63) is 11.9 Å². The highest BCUT2D eigenvalue weighted by Gasteiger charge is 2.21. The van der Waals surface area contributed by atoms with Gasteiger partial charge in [0.25, 0.3) is 0 Å². The van der Waals surface area contributed by atoms with Gasteiger partial charge in [0.05, 0.1) is 25.0 Å². The van der Waals surface area contributed by atoms with E-state index in [0.29, 0.717) is 12.1 Å². The average Bonchev–Trinajstić information content (AvgIpc) is 2.76. The van der Waals surface area contributed by atoms with Gasteiger partial charge in [0, 0.05) is 12.6 Å². The van der Waals surface area contributed by atoms with Crippen LogP contribution in [0.25, 0.3) is 0 Å². The van der Waals surface area contributed by atoms with Crippen molar-refractivity contribution in [3.8, 4) is 5.75 Å². The minimum atomic E-state index is 0.322. The molecule has 1 unspecified atom stereocenters. The second-order valence-electron chi connectivity index (χ2n) is 4.93. The first-order valence-electron chi connectivity index (χ1n) is 6.99. The monoisotopic (exact) mass is 253 g/mol. The fraction of sp³-hybridized carbons (Fsp3) is 0.786. The summed E-state index contributed by atoms with van der Waals surface area (Å²) in [5, 5.41) is 8.02.